The van der Waals surface area contributed by atoms with E-state index in [0.29, 0.717) is 18.8 Å². The third-order valence-corrected chi connectivity index (χ3v) is 5.17. The van der Waals surface area contributed by atoms with Crippen LogP contribution >= 0.6 is 11.3 Å². The van der Waals surface area contributed by atoms with E-state index in [2.05, 4.69) is 36.5 Å². The molecule has 0 saturated carbocycles. The van der Waals surface area contributed by atoms with Gasteiger partial charge < -0.3 is 10.2 Å². The number of anilines is 1. The molecule has 1 aromatic heterocycles. The zero-order valence-corrected chi connectivity index (χ0v) is 16.3. The predicted molar refractivity (Wildman–Crippen MR) is 107 cm³/mol. The maximum atomic E-state index is 12.9. The van der Waals surface area contributed by atoms with Gasteiger partial charge in [0.2, 0.25) is 0 Å². The Hall–Kier alpha value is -2.57. The summed E-state index contributed by atoms with van der Waals surface area (Å²) in [7, 11) is 1.96. The number of carbonyl (C=O) groups excluding carboxylic acids is 1. The topological polar surface area (TPSA) is 46.4 Å². The lowest BCUT2D eigenvalue weighted by atomic mass is 10.1. The Balaban J connectivity index is 1.54. The average Bonchev–Trinajstić information content (AvgIpc) is 3.12. The molecule has 0 spiro atoms. The largest absolute Gasteiger partial charge is 0.325 e. The van der Waals surface area contributed by atoms with Crippen LogP contribution in [0, 0.1) is 5.82 Å². The minimum absolute atomic E-state index is 0.107. The Kier molecular flexibility index (Phi) is 6.32. The Morgan fingerprint density at radius 2 is 1.85 bits per heavy atom. The fourth-order valence-electron chi connectivity index (χ4n) is 2.79. The molecule has 0 radical (unpaired) electrons. The lowest BCUT2D eigenvalue weighted by Crippen LogP contribution is -3.08. The van der Waals surface area contributed by atoms with Gasteiger partial charge in [0, 0.05) is 16.6 Å². The van der Waals surface area contributed by atoms with Crippen LogP contribution in [-0.2, 0) is 17.8 Å². The molecule has 1 atom stereocenters. The first kappa shape index (κ1) is 19.2. The molecule has 2 aromatic carbocycles. The molecule has 1 unspecified atom stereocenters. The number of amides is 1. The SMILES string of the molecule is CCc1ccc(-c2nc(C[NH+](C)CC(=O)Nc3ccc(F)cc3)cs2)cc1. The molecule has 3 aromatic rings. The van der Waals surface area contributed by atoms with Crippen LogP contribution in [0.3, 0.4) is 0 Å². The number of thiazole rings is 1. The molecule has 3 rings (SSSR count). The van der Waals surface area contributed by atoms with E-state index in [1.54, 1.807) is 23.5 Å². The van der Waals surface area contributed by atoms with Gasteiger partial charge in [-0.25, -0.2) is 9.37 Å². The van der Waals surface area contributed by atoms with Gasteiger partial charge in [0.25, 0.3) is 5.91 Å². The number of rotatable bonds is 7. The standard InChI is InChI=1S/C21H22FN3OS/c1-3-15-4-6-16(7-5-15)21-24-19(14-27-21)12-25(2)13-20(26)23-18-10-8-17(22)9-11-18/h4-11,14H,3,12-13H2,1-2H3,(H,23,26)/p+1. The molecule has 4 nitrogen and oxygen atoms in total. The van der Waals surface area contributed by atoms with E-state index in [9.17, 15) is 9.18 Å². The number of nitrogens with one attached hydrogen (secondary N) is 2. The number of halogens is 1. The van der Waals surface area contributed by atoms with Gasteiger partial charge in [-0.3, -0.25) is 4.79 Å². The molecule has 0 fully saturated rings. The van der Waals surface area contributed by atoms with Crippen molar-refractivity contribution in [1.29, 1.82) is 0 Å². The zero-order valence-electron chi connectivity index (χ0n) is 15.5. The molecule has 27 heavy (non-hydrogen) atoms. The van der Waals surface area contributed by atoms with Crippen molar-refractivity contribution in [1.82, 2.24) is 4.98 Å². The third-order valence-electron chi connectivity index (χ3n) is 4.23. The second-order valence-electron chi connectivity index (χ2n) is 6.56. The van der Waals surface area contributed by atoms with Gasteiger partial charge in [-0.05, 0) is 36.2 Å². The first-order valence-electron chi connectivity index (χ1n) is 8.94. The minimum Gasteiger partial charge on any atom is -0.325 e. The highest BCUT2D eigenvalue weighted by Crippen LogP contribution is 2.23. The number of aromatic nitrogens is 1. The van der Waals surface area contributed by atoms with E-state index in [1.807, 2.05) is 12.4 Å². The quantitative estimate of drug-likeness (QED) is 0.657. The number of carbonyl (C=O) groups is 1. The van der Waals surface area contributed by atoms with Gasteiger partial charge in [-0.2, -0.15) is 0 Å². The van der Waals surface area contributed by atoms with E-state index >= 15 is 0 Å². The van der Waals surface area contributed by atoms with Gasteiger partial charge in [0.05, 0.1) is 7.05 Å². The van der Waals surface area contributed by atoms with Crippen LogP contribution in [0.5, 0.6) is 0 Å². The molecule has 0 aliphatic heterocycles. The van der Waals surface area contributed by atoms with Gasteiger partial charge in [-0.15, -0.1) is 11.3 Å². The molecule has 2 N–H and O–H groups in total. The van der Waals surface area contributed by atoms with E-state index < -0.39 is 0 Å². The van der Waals surface area contributed by atoms with Crippen LogP contribution in [0.2, 0.25) is 0 Å². The van der Waals surface area contributed by atoms with E-state index in [-0.39, 0.29) is 11.7 Å². The smallest absolute Gasteiger partial charge is 0.279 e. The van der Waals surface area contributed by atoms with Crippen molar-refractivity contribution in [3.8, 4) is 10.6 Å². The maximum Gasteiger partial charge on any atom is 0.279 e. The minimum atomic E-state index is -0.320. The van der Waals surface area contributed by atoms with Crippen LogP contribution in [0.1, 0.15) is 18.2 Å². The summed E-state index contributed by atoms with van der Waals surface area (Å²) in [6, 6.07) is 14.2. The van der Waals surface area contributed by atoms with Crippen molar-refractivity contribution in [2.45, 2.75) is 19.9 Å². The normalized spacial score (nSPS) is 12.0. The number of hydrogen-bond donors (Lipinski definition) is 2. The number of aryl methyl sites for hydroxylation is 1. The number of nitrogens with zero attached hydrogens (tertiary/aromatic N) is 1. The molecule has 1 amide bonds. The Bertz CT molecular complexity index is 891. The van der Waals surface area contributed by atoms with Crippen molar-refractivity contribution in [2.24, 2.45) is 0 Å². The lowest BCUT2D eigenvalue weighted by Gasteiger charge is -2.12. The predicted octanol–water partition coefficient (Wildman–Crippen LogP) is 3.17. The first-order valence-corrected chi connectivity index (χ1v) is 9.82. The fraction of sp³-hybridized carbons (Fsp3) is 0.238. The molecule has 140 valence electrons. The fourth-order valence-corrected chi connectivity index (χ4v) is 3.61. The Morgan fingerprint density at radius 3 is 2.52 bits per heavy atom. The van der Waals surface area contributed by atoms with Gasteiger partial charge >= 0.3 is 0 Å². The highest BCUT2D eigenvalue weighted by Gasteiger charge is 2.13. The summed E-state index contributed by atoms with van der Waals surface area (Å²) in [5, 5.41) is 5.83. The number of likely N-dealkylation sites (N-methyl/N-ethyl adjacent to an activating group) is 1. The third kappa shape index (κ3) is 5.45. The first-order chi connectivity index (χ1) is 13.0. The molecule has 1 heterocycles. The van der Waals surface area contributed by atoms with Gasteiger partial charge in [-0.1, -0.05) is 31.2 Å². The van der Waals surface area contributed by atoms with Crippen LogP contribution in [0.4, 0.5) is 10.1 Å². The summed E-state index contributed by atoms with van der Waals surface area (Å²) in [6.45, 7) is 3.12. The van der Waals surface area contributed by atoms with Gasteiger partial charge in [0.15, 0.2) is 6.54 Å². The summed E-state index contributed by atoms with van der Waals surface area (Å²) in [5.74, 6) is -0.427. The molecule has 0 aliphatic rings. The van der Waals surface area contributed by atoms with Crippen LogP contribution in [0.15, 0.2) is 53.9 Å². The van der Waals surface area contributed by atoms with Crippen molar-refractivity contribution < 1.29 is 14.1 Å². The molecule has 0 aliphatic carbocycles. The molecule has 0 bridgehead atoms. The van der Waals surface area contributed by atoms with Crippen LogP contribution < -0.4 is 10.2 Å². The summed E-state index contributed by atoms with van der Waals surface area (Å²) in [4.78, 5) is 17.9. The van der Waals surface area contributed by atoms with E-state index in [0.717, 1.165) is 27.6 Å². The highest BCUT2D eigenvalue weighted by atomic mass is 32.1. The van der Waals surface area contributed by atoms with Crippen LogP contribution in [-0.4, -0.2) is 24.5 Å². The average molecular weight is 384 g/mol. The number of hydrogen-bond acceptors (Lipinski definition) is 3. The Labute approximate surface area is 162 Å². The summed E-state index contributed by atoms with van der Waals surface area (Å²) >= 11 is 1.62. The van der Waals surface area contributed by atoms with Crippen LogP contribution in [0.25, 0.3) is 10.6 Å². The second kappa shape index (κ2) is 8.88. The monoisotopic (exact) mass is 384 g/mol. The van der Waals surface area contributed by atoms with E-state index in [1.165, 1.54) is 17.7 Å². The van der Waals surface area contributed by atoms with Crippen molar-refractivity contribution >= 4 is 22.9 Å². The Morgan fingerprint density at radius 1 is 1.15 bits per heavy atom. The number of quaternary nitrogens is 1. The van der Waals surface area contributed by atoms with Crippen molar-refractivity contribution in [2.75, 3.05) is 18.9 Å². The molecular formula is C21H23FN3OS+. The van der Waals surface area contributed by atoms with Gasteiger partial charge in [0.1, 0.15) is 23.1 Å². The lowest BCUT2D eigenvalue weighted by molar-refractivity contribution is -0.885. The van der Waals surface area contributed by atoms with E-state index in [4.69, 9.17) is 4.98 Å². The second-order valence-corrected chi connectivity index (χ2v) is 7.42. The summed E-state index contributed by atoms with van der Waals surface area (Å²) < 4.78 is 12.9. The van der Waals surface area contributed by atoms with Crippen molar-refractivity contribution in [3.63, 3.8) is 0 Å². The summed E-state index contributed by atoms with van der Waals surface area (Å²) in [5.41, 5.74) is 4.00. The molecular weight excluding hydrogens is 361 g/mol. The highest BCUT2D eigenvalue weighted by molar-refractivity contribution is 7.13. The molecule has 0 saturated heterocycles. The summed E-state index contributed by atoms with van der Waals surface area (Å²) in [6.07, 6.45) is 1.03. The zero-order chi connectivity index (χ0) is 19.2. The van der Waals surface area contributed by atoms with Crippen molar-refractivity contribution in [3.05, 3.63) is 71.0 Å². The number of benzene rings is 2. The maximum absolute atomic E-state index is 12.9. The molecule has 6 heteroatoms.